The highest BCUT2D eigenvalue weighted by Gasteiger charge is 2.12. The molecule has 0 bridgehead atoms. The summed E-state index contributed by atoms with van der Waals surface area (Å²) in [6.45, 7) is 0. The largest absolute Gasteiger partial charge is 0.358 e. The Labute approximate surface area is 158 Å². The summed E-state index contributed by atoms with van der Waals surface area (Å²) in [6, 6.07) is 12.8. The van der Waals surface area contributed by atoms with Crippen molar-refractivity contribution < 1.29 is 0 Å². The number of rotatable bonds is 5. The highest BCUT2D eigenvalue weighted by Crippen LogP contribution is 2.40. The number of hydrogen-bond donors (Lipinski definition) is 3. The molecule has 0 spiro atoms. The van der Waals surface area contributed by atoms with E-state index >= 15 is 0 Å². The van der Waals surface area contributed by atoms with Gasteiger partial charge < -0.3 is 10.6 Å². The standard InChI is InChI=1S/C16H12Cl2N6S/c1-20-15-22-16(24-23-15)21-10-6-12(17)14(13(18)7-10)25-11-4-2-9(8-19)3-5-11/h2-7H,1H3,(H3,20,21,22,23,24). The molecule has 1 aromatic heterocycles. The summed E-state index contributed by atoms with van der Waals surface area (Å²) < 4.78 is 0. The average molecular weight is 391 g/mol. The number of anilines is 3. The van der Waals surface area contributed by atoms with Gasteiger partial charge >= 0.3 is 0 Å². The fourth-order valence-electron chi connectivity index (χ4n) is 2.00. The topological polar surface area (TPSA) is 89.4 Å². The summed E-state index contributed by atoms with van der Waals surface area (Å²) in [5.74, 6) is 0.955. The zero-order valence-electron chi connectivity index (χ0n) is 13.0. The van der Waals surface area contributed by atoms with E-state index in [0.29, 0.717) is 33.2 Å². The first-order valence-electron chi connectivity index (χ1n) is 7.13. The molecule has 25 heavy (non-hydrogen) atoms. The summed E-state index contributed by atoms with van der Waals surface area (Å²) >= 11 is 14.2. The van der Waals surface area contributed by atoms with Crippen LogP contribution in [0, 0.1) is 11.3 Å². The van der Waals surface area contributed by atoms with Crippen molar-refractivity contribution in [1.82, 2.24) is 15.2 Å². The van der Waals surface area contributed by atoms with E-state index in [9.17, 15) is 0 Å². The Morgan fingerprint density at radius 1 is 1.16 bits per heavy atom. The van der Waals surface area contributed by atoms with Gasteiger partial charge in [-0.2, -0.15) is 10.2 Å². The molecule has 0 saturated carbocycles. The normalized spacial score (nSPS) is 10.3. The molecule has 0 aliphatic rings. The lowest BCUT2D eigenvalue weighted by Crippen LogP contribution is -1.94. The zero-order chi connectivity index (χ0) is 17.8. The van der Waals surface area contributed by atoms with Crippen LogP contribution in [0.3, 0.4) is 0 Å². The number of aromatic amines is 1. The summed E-state index contributed by atoms with van der Waals surface area (Å²) in [6.07, 6.45) is 0. The van der Waals surface area contributed by atoms with E-state index in [0.717, 1.165) is 9.79 Å². The van der Waals surface area contributed by atoms with Gasteiger partial charge in [0.15, 0.2) is 0 Å². The minimum absolute atomic E-state index is 0.406. The fourth-order valence-corrected chi connectivity index (χ4v) is 3.54. The molecule has 2 aromatic carbocycles. The molecule has 0 saturated heterocycles. The third kappa shape index (κ3) is 4.17. The van der Waals surface area contributed by atoms with Crippen molar-refractivity contribution >= 4 is 52.5 Å². The van der Waals surface area contributed by atoms with Gasteiger partial charge in [-0.1, -0.05) is 35.0 Å². The quantitative estimate of drug-likeness (QED) is 0.572. The highest BCUT2D eigenvalue weighted by atomic mass is 35.5. The maximum absolute atomic E-state index is 8.85. The van der Waals surface area contributed by atoms with Crippen LogP contribution in [0.15, 0.2) is 46.2 Å². The summed E-state index contributed by atoms with van der Waals surface area (Å²) in [5, 5.41) is 22.5. The zero-order valence-corrected chi connectivity index (χ0v) is 15.3. The van der Waals surface area contributed by atoms with Crippen LogP contribution >= 0.6 is 35.0 Å². The smallest absolute Gasteiger partial charge is 0.248 e. The lowest BCUT2D eigenvalue weighted by molar-refractivity contribution is 1.09. The van der Waals surface area contributed by atoms with Crippen LogP contribution in [-0.4, -0.2) is 22.2 Å². The van der Waals surface area contributed by atoms with Gasteiger partial charge in [0.25, 0.3) is 0 Å². The number of aromatic nitrogens is 3. The van der Waals surface area contributed by atoms with Gasteiger partial charge in [-0.15, -0.1) is 5.10 Å². The molecule has 0 aliphatic heterocycles. The molecule has 6 nitrogen and oxygen atoms in total. The van der Waals surface area contributed by atoms with Gasteiger partial charge in [-0.25, -0.2) is 5.10 Å². The van der Waals surface area contributed by atoms with E-state index < -0.39 is 0 Å². The molecule has 9 heteroatoms. The molecule has 3 N–H and O–H groups in total. The van der Waals surface area contributed by atoms with Crippen molar-refractivity contribution in [3.05, 3.63) is 52.0 Å². The van der Waals surface area contributed by atoms with Crippen molar-refractivity contribution in [3.8, 4) is 6.07 Å². The number of benzene rings is 2. The Hall–Kier alpha value is -2.40. The van der Waals surface area contributed by atoms with Crippen LogP contribution in [0.1, 0.15) is 5.56 Å². The molecule has 3 rings (SSSR count). The number of nitriles is 1. The van der Waals surface area contributed by atoms with E-state index in [2.05, 4.69) is 31.9 Å². The van der Waals surface area contributed by atoms with Crippen molar-refractivity contribution in [3.63, 3.8) is 0 Å². The van der Waals surface area contributed by atoms with E-state index in [1.807, 2.05) is 12.1 Å². The minimum Gasteiger partial charge on any atom is -0.358 e. The Morgan fingerprint density at radius 3 is 2.40 bits per heavy atom. The molecule has 0 unspecified atom stereocenters. The average Bonchev–Trinajstić information content (AvgIpc) is 3.06. The summed E-state index contributed by atoms with van der Waals surface area (Å²) in [4.78, 5) is 5.86. The van der Waals surface area contributed by atoms with E-state index in [1.54, 1.807) is 31.3 Å². The molecule has 0 radical (unpaired) electrons. The second-order valence-corrected chi connectivity index (χ2v) is 6.79. The van der Waals surface area contributed by atoms with Gasteiger partial charge in [-0.05, 0) is 36.4 Å². The van der Waals surface area contributed by atoms with Crippen molar-refractivity contribution in [2.24, 2.45) is 0 Å². The minimum atomic E-state index is 0.406. The predicted molar refractivity (Wildman–Crippen MR) is 101 cm³/mol. The Morgan fingerprint density at radius 2 is 1.84 bits per heavy atom. The lowest BCUT2D eigenvalue weighted by Gasteiger charge is -2.10. The van der Waals surface area contributed by atoms with E-state index in [-0.39, 0.29) is 0 Å². The van der Waals surface area contributed by atoms with Crippen molar-refractivity contribution in [2.45, 2.75) is 9.79 Å². The summed E-state index contributed by atoms with van der Waals surface area (Å²) in [5.41, 5.74) is 1.29. The third-order valence-corrected chi connectivity index (χ3v) is 5.15. The molecule has 0 fully saturated rings. The van der Waals surface area contributed by atoms with Gasteiger partial charge in [-0.3, -0.25) is 0 Å². The second-order valence-electron chi connectivity index (χ2n) is 4.89. The Kier molecular flexibility index (Phi) is 5.34. The number of nitrogens with zero attached hydrogens (tertiary/aromatic N) is 3. The third-order valence-electron chi connectivity index (χ3n) is 3.18. The number of halogens is 2. The van der Waals surface area contributed by atoms with Crippen LogP contribution in [0.25, 0.3) is 0 Å². The molecule has 126 valence electrons. The van der Waals surface area contributed by atoms with Crippen molar-refractivity contribution in [2.75, 3.05) is 17.7 Å². The highest BCUT2D eigenvalue weighted by molar-refractivity contribution is 7.99. The first kappa shape index (κ1) is 17.4. The van der Waals surface area contributed by atoms with Crippen molar-refractivity contribution in [1.29, 1.82) is 5.26 Å². The first-order valence-corrected chi connectivity index (χ1v) is 8.70. The number of nitrogens with one attached hydrogen (secondary N) is 3. The number of hydrogen-bond acceptors (Lipinski definition) is 6. The maximum Gasteiger partial charge on any atom is 0.248 e. The molecular weight excluding hydrogens is 379 g/mol. The summed E-state index contributed by atoms with van der Waals surface area (Å²) in [7, 11) is 1.74. The van der Waals surface area contributed by atoms with Crippen LogP contribution in [-0.2, 0) is 0 Å². The molecule has 0 atom stereocenters. The first-order chi connectivity index (χ1) is 12.1. The van der Waals surface area contributed by atoms with Gasteiger partial charge in [0.1, 0.15) is 0 Å². The van der Waals surface area contributed by atoms with Gasteiger partial charge in [0.05, 0.1) is 21.7 Å². The van der Waals surface area contributed by atoms with Gasteiger partial charge in [0.2, 0.25) is 11.9 Å². The Balaban J connectivity index is 1.80. The van der Waals surface area contributed by atoms with Crippen LogP contribution in [0.2, 0.25) is 10.0 Å². The molecular formula is C16H12Cl2N6S. The molecule has 0 aliphatic carbocycles. The SMILES string of the molecule is CNc1nc(Nc2cc(Cl)c(Sc3ccc(C#N)cc3)c(Cl)c2)n[nH]1. The van der Waals surface area contributed by atoms with Crippen LogP contribution < -0.4 is 10.6 Å². The van der Waals surface area contributed by atoms with Gasteiger partial charge in [0, 0.05) is 22.5 Å². The van der Waals surface area contributed by atoms with Crippen LogP contribution in [0.5, 0.6) is 0 Å². The second kappa shape index (κ2) is 7.66. The lowest BCUT2D eigenvalue weighted by atomic mass is 10.2. The van der Waals surface area contributed by atoms with Crippen LogP contribution in [0.4, 0.5) is 17.6 Å². The monoisotopic (exact) mass is 390 g/mol. The maximum atomic E-state index is 8.85. The van der Waals surface area contributed by atoms with E-state index in [1.165, 1.54) is 11.8 Å². The molecule has 3 aromatic rings. The molecule has 0 amide bonds. The fraction of sp³-hybridized carbons (Fsp3) is 0.0625. The predicted octanol–water partition coefficient (Wildman–Crippen LogP) is 4.92. The van der Waals surface area contributed by atoms with E-state index in [4.69, 9.17) is 28.5 Å². The number of H-pyrrole nitrogens is 1. The Bertz CT molecular complexity index is 910. The molecule has 1 heterocycles.